The summed E-state index contributed by atoms with van der Waals surface area (Å²) in [4.78, 5) is 49.1. The van der Waals surface area contributed by atoms with Crippen LogP contribution in [0.2, 0.25) is 0 Å². The van der Waals surface area contributed by atoms with Crippen LogP contribution in [0.25, 0.3) is 0 Å². The summed E-state index contributed by atoms with van der Waals surface area (Å²) in [6.07, 6.45) is 1.12. The lowest BCUT2D eigenvalue weighted by Gasteiger charge is -2.29. The highest BCUT2D eigenvalue weighted by atomic mass is 32.2. The van der Waals surface area contributed by atoms with Crippen molar-refractivity contribution in [2.45, 2.75) is 30.7 Å². The van der Waals surface area contributed by atoms with E-state index in [9.17, 15) is 19.2 Å². The van der Waals surface area contributed by atoms with E-state index in [2.05, 4.69) is 5.32 Å². The van der Waals surface area contributed by atoms with Gasteiger partial charge in [0.1, 0.15) is 6.04 Å². The first-order valence-electron chi connectivity index (χ1n) is 7.93. The Bertz CT molecular complexity index is 723. The molecule has 0 radical (unpaired) electrons. The number of imide groups is 1. The van der Waals surface area contributed by atoms with E-state index in [1.165, 1.54) is 0 Å². The summed E-state index contributed by atoms with van der Waals surface area (Å²) >= 11 is 1.55. The summed E-state index contributed by atoms with van der Waals surface area (Å²) in [7, 11) is 0. The van der Waals surface area contributed by atoms with Crippen LogP contribution in [0.1, 0.15) is 30.1 Å². The number of thioether (sulfide) groups is 1. The molecule has 7 nitrogen and oxygen atoms in total. The van der Waals surface area contributed by atoms with Gasteiger partial charge in [-0.2, -0.15) is 0 Å². The minimum absolute atomic E-state index is 0.0712. The van der Waals surface area contributed by atoms with Crippen LogP contribution in [0.4, 0.5) is 0 Å². The summed E-state index contributed by atoms with van der Waals surface area (Å²) < 4.78 is 5.02. The summed E-state index contributed by atoms with van der Waals surface area (Å²) in [5, 5.41) is 2.16. The van der Waals surface area contributed by atoms with E-state index in [1.807, 2.05) is 6.92 Å². The van der Waals surface area contributed by atoms with Gasteiger partial charge in [-0.15, -0.1) is 11.8 Å². The first kappa shape index (κ1) is 17.5. The number of hydrogen-bond donors (Lipinski definition) is 1. The fraction of sp³-hybridized carbons (Fsp3) is 0.412. The molecule has 1 N–H and O–H groups in total. The largest absolute Gasteiger partial charge is 0.454 e. The second-order valence-electron chi connectivity index (χ2n) is 6.12. The van der Waals surface area contributed by atoms with Crippen molar-refractivity contribution in [2.24, 2.45) is 0 Å². The molecule has 2 aliphatic heterocycles. The highest BCUT2D eigenvalue weighted by Gasteiger charge is 2.53. The summed E-state index contributed by atoms with van der Waals surface area (Å²) in [6.45, 7) is 1.37. The Morgan fingerprint density at radius 3 is 2.76 bits per heavy atom. The number of nitrogens with zero attached hydrogens (tertiary/aromatic N) is 1. The molecule has 3 rings (SSSR count). The normalized spacial score (nSPS) is 24.8. The Morgan fingerprint density at radius 2 is 2.04 bits per heavy atom. The minimum atomic E-state index is -0.705. The average Bonchev–Trinajstić information content (AvgIpc) is 3.10. The predicted molar refractivity (Wildman–Crippen MR) is 90.6 cm³/mol. The molecule has 0 aromatic heterocycles. The lowest BCUT2D eigenvalue weighted by molar-refractivity contribution is -0.156. The molecule has 2 fully saturated rings. The van der Waals surface area contributed by atoms with Crippen LogP contribution in [0, 0.1) is 0 Å². The quantitative estimate of drug-likeness (QED) is 0.802. The molecule has 1 aromatic rings. The van der Waals surface area contributed by atoms with Crippen LogP contribution in [0.15, 0.2) is 30.3 Å². The van der Waals surface area contributed by atoms with Crippen LogP contribution in [-0.4, -0.2) is 51.9 Å². The van der Waals surface area contributed by atoms with Gasteiger partial charge in [0.2, 0.25) is 5.91 Å². The highest BCUT2D eigenvalue weighted by molar-refractivity contribution is 8.01. The molecular weight excluding hydrogens is 344 g/mol. The summed E-state index contributed by atoms with van der Waals surface area (Å²) in [5.74, 6) is -1.50. The van der Waals surface area contributed by atoms with E-state index in [4.69, 9.17) is 4.74 Å². The molecule has 0 spiro atoms. The van der Waals surface area contributed by atoms with Gasteiger partial charge in [0, 0.05) is 17.7 Å². The number of esters is 1. The van der Waals surface area contributed by atoms with Gasteiger partial charge in [-0.25, -0.2) is 4.79 Å². The maximum absolute atomic E-state index is 12.2. The fourth-order valence-corrected chi connectivity index (χ4v) is 4.47. The number of fused-ring (bicyclic) bond motifs is 1. The second-order valence-corrected chi connectivity index (χ2v) is 7.62. The third-order valence-corrected chi connectivity index (χ3v) is 5.86. The molecule has 2 saturated heterocycles. The van der Waals surface area contributed by atoms with Crippen molar-refractivity contribution in [3.05, 3.63) is 35.9 Å². The Labute approximate surface area is 149 Å². The monoisotopic (exact) mass is 362 g/mol. The molecule has 25 heavy (non-hydrogen) atoms. The Balaban J connectivity index is 1.52. The van der Waals surface area contributed by atoms with E-state index in [0.29, 0.717) is 24.2 Å². The Kier molecular flexibility index (Phi) is 4.80. The zero-order chi connectivity index (χ0) is 18.0. The number of ether oxygens (including phenoxy) is 1. The van der Waals surface area contributed by atoms with Gasteiger partial charge in [-0.3, -0.25) is 19.7 Å². The molecule has 0 aliphatic carbocycles. The van der Waals surface area contributed by atoms with Gasteiger partial charge in [0.15, 0.2) is 6.61 Å². The van der Waals surface area contributed by atoms with Crippen molar-refractivity contribution >= 4 is 35.5 Å². The average molecular weight is 362 g/mol. The van der Waals surface area contributed by atoms with Crippen molar-refractivity contribution < 1.29 is 23.9 Å². The lowest BCUT2D eigenvalue weighted by atomic mass is 10.2. The first-order valence-corrected chi connectivity index (χ1v) is 8.91. The molecule has 132 valence electrons. The second kappa shape index (κ2) is 6.87. The van der Waals surface area contributed by atoms with Gasteiger partial charge in [0.25, 0.3) is 11.8 Å². The van der Waals surface area contributed by atoms with E-state index in [1.54, 1.807) is 47.0 Å². The third-order valence-electron chi connectivity index (χ3n) is 4.35. The van der Waals surface area contributed by atoms with Crippen molar-refractivity contribution in [3.63, 3.8) is 0 Å². The van der Waals surface area contributed by atoms with Gasteiger partial charge >= 0.3 is 5.97 Å². The maximum Gasteiger partial charge on any atom is 0.330 e. The smallest absolute Gasteiger partial charge is 0.330 e. The summed E-state index contributed by atoms with van der Waals surface area (Å²) in [5.41, 5.74) is 0.341. The SMILES string of the molecule is C[C@@]12CCC(=O)N1[C@H](C(=O)OCC(=O)NC(=O)c1ccccc1)CS2. The van der Waals surface area contributed by atoms with Crippen LogP contribution >= 0.6 is 11.8 Å². The number of nitrogens with one attached hydrogen (secondary N) is 1. The number of carbonyl (C=O) groups excluding carboxylic acids is 4. The van der Waals surface area contributed by atoms with Crippen molar-refractivity contribution in [1.82, 2.24) is 10.2 Å². The van der Waals surface area contributed by atoms with Crippen molar-refractivity contribution in [1.29, 1.82) is 0 Å². The van der Waals surface area contributed by atoms with Gasteiger partial charge in [-0.1, -0.05) is 18.2 Å². The van der Waals surface area contributed by atoms with Crippen LogP contribution < -0.4 is 5.32 Å². The number of benzene rings is 1. The fourth-order valence-electron chi connectivity index (χ4n) is 3.05. The lowest BCUT2D eigenvalue weighted by Crippen LogP contribution is -2.47. The van der Waals surface area contributed by atoms with Gasteiger partial charge in [-0.05, 0) is 25.5 Å². The van der Waals surface area contributed by atoms with Crippen LogP contribution in [0.5, 0.6) is 0 Å². The van der Waals surface area contributed by atoms with E-state index in [0.717, 1.165) is 0 Å². The molecule has 8 heteroatoms. The van der Waals surface area contributed by atoms with Gasteiger partial charge < -0.3 is 9.64 Å². The van der Waals surface area contributed by atoms with E-state index in [-0.39, 0.29) is 10.8 Å². The van der Waals surface area contributed by atoms with E-state index < -0.39 is 30.4 Å². The van der Waals surface area contributed by atoms with Gasteiger partial charge in [0.05, 0.1) is 4.87 Å². The number of amides is 3. The predicted octanol–water partition coefficient (Wildman–Crippen LogP) is 0.940. The molecule has 0 saturated carbocycles. The van der Waals surface area contributed by atoms with Crippen molar-refractivity contribution in [3.8, 4) is 0 Å². The van der Waals surface area contributed by atoms with Crippen LogP contribution in [0.3, 0.4) is 0 Å². The van der Waals surface area contributed by atoms with Crippen LogP contribution in [-0.2, 0) is 19.1 Å². The topological polar surface area (TPSA) is 92.8 Å². The maximum atomic E-state index is 12.2. The highest BCUT2D eigenvalue weighted by Crippen LogP contribution is 2.47. The number of hydrogen-bond acceptors (Lipinski definition) is 6. The molecule has 2 aliphatic rings. The standard InChI is InChI=1S/C17H18N2O5S/c1-17-8-7-14(21)19(17)12(10-25-17)16(23)24-9-13(20)18-15(22)11-5-3-2-4-6-11/h2-6,12H,7-10H2,1H3,(H,18,20,22)/t12-,17+/m0/s1. The number of rotatable bonds is 4. The molecule has 0 unspecified atom stereocenters. The minimum Gasteiger partial charge on any atom is -0.454 e. The van der Waals surface area contributed by atoms with E-state index >= 15 is 0 Å². The molecule has 2 heterocycles. The Morgan fingerprint density at radius 1 is 1.32 bits per heavy atom. The third kappa shape index (κ3) is 3.53. The zero-order valence-electron chi connectivity index (χ0n) is 13.7. The summed E-state index contributed by atoms with van der Waals surface area (Å²) in [6, 6.07) is 7.59. The first-order chi connectivity index (χ1) is 11.9. The molecule has 3 amide bonds. The Hall–Kier alpha value is -2.35. The molecule has 0 bridgehead atoms. The van der Waals surface area contributed by atoms with Crippen molar-refractivity contribution in [2.75, 3.05) is 12.4 Å². The zero-order valence-corrected chi connectivity index (χ0v) is 14.5. The number of carbonyl (C=O) groups is 4. The molecule has 2 atom stereocenters. The molecular formula is C17H18N2O5S. The molecule has 1 aromatic carbocycles.